The minimum absolute atomic E-state index is 0.0182. The smallest absolute Gasteiger partial charge is 0.259 e. The monoisotopic (exact) mass is 549 g/mol. The van der Waals surface area contributed by atoms with Crippen molar-refractivity contribution in [1.82, 2.24) is 24.8 Å². The summed E-state index contributed by atoms with van der Waals surface area (Å²) < 4.78 is 16.8. The zero-order valence-corrected chi connectivity index (χ0v) is 24.5. The molecule has 2 aromatic heterocycles. The van der Waals surface area contributed by atoms with Crippen molar-refractivity contribution in [3.8, 4) is 0 Å². The molecule has 1 aliphatic carbocycles. The van der Waals surface area contributed by atoms with Gasteiger partial charge in [0.2, 0.25) is 0 Å². The van der Waals surface area contributed by atoms with Gasteiger partial charge in [-0.25, -0.2) is 14.4 Å². The molecular weight excluding hydrogens is 505 g/mol. The molecule has 40 heavy (non-hydrogen) atoms. The predicted molar refractivity (Wildman–Crippen MR) is 162 cm³/mol. The van der Waals surface area contributed by atoms with E-state index >= 15 is 4.39 Å². The maximum absolute atomic E-state index is 15.2. The number of allylic oxidation sites excluding steroid dienone is 3. The van der Waals surface area contributed by atoms with Crippen LogP contribution in [0.2, 0.25) is 0 Å². The Morgan fingerprint density at radius 1 is 1.20 bits per heavy atom. The van der Waals surface area contributed by atoms with Gasteiger partial charge in [0.25, 0.3) is 11.5 Å². The maximum atomic E-state index is 15.2. The summed E-state index contributed by atoms with van der Waals surface area (Å²) in [5.41, 5.74) is 3.38. The molecule has 9 heteroatoms. The molecule has 0 radical (unpaired) electrons. The highest BCUT2D eigenvalue weighted by atomic mass is 19.1. The quantitative estimate of drug-likeness (QED) is 0.277. The SMILES string of the molecule is CC=C(CCNCCC(C)=N)c1cc2cnc(N=C3C=C(F)C(C4CCN(CC)CC4)CC3)nc2n(CC)c1=O. The molecule has 2 N–H and O–H groups in total. The number of nitrogens with zero attached hydrogens (tertiary/aromatic N) is 5. The van der Waals surface area contributed by atoms with E-state index in [9.17, 15) is 4.79 Å². The lowest BCUT2D eigenvalue weighted by atomic mass is 9.78. The number of halogens is 1. The Morgan fingerprint density at radius 2 is 1.95 bits per heavy atom. The van der Waals surface area contributed by atoms with Crippen molar-refractivity contribution in [1.29, 1.82) is 5.41 Å². The number of rotatable bonds is 11. The van der Waals surface area contributed by atoms with E-state index in [4.69, 9.17) is 5.41 Å². The molecule has 1 unspecified atom stereocenters. The summed E-state index contributed by atoms with van der Waals surface area (Å²) in [6, 6.07) is 1.87. The lowest BCUT2D eigenvalue weighted by Crippen LogP contribution is -2.36. The second kappa shape index (κ2) is 14.0. The average molecular weight is 550 g/mol. The number of aliphatic imine (C=N–C) groups is 1. The average Bonchev–Trinajstić information content (AvgIpc) is 2.95. The first-order chi connectivity index (χ1) is 19.3. The Hall–Kier alpha value is -3.04. The van der Waals surface area contributed by atoms with Gasteiger partial charge in [-0.2, -0.15) is 4.98 Å². The second-order valence-electron chi connectivity index (χ2n) is 10.9. The first-order valence-corrected chi connectivity index (χ1v) is 14.8. The Kier molecular flexibility index (Phi) is 10.5. The van der Waals surface area contributed by atoms with Crippen molar-refractivity contribution in [3.05, 3.63) is 46.2 Å². The molecule has 4 rings (SSSR count). The number of likely N-dealkylation sites (tertiary alicyclic amines) is 1. The van der Waals surface area contributed by atoms with E-state index in [2.05, 4.69) is 32.1 Å². The number of hydrogen-bond acceptors (Lipinski definition) is 7. The fourth-order valence-corrected chi connectivity index (χ4v) is 5.91. The van der Waals surface area contributed by atoms with Crippen LogP contribution in [0.4, 0.5) is 10.3 Å². The van der Waals surface area contributed by atoms with Gasteiger partial charge in [0.05, 0.1) is 0 Å². The molecule has 0 aromatic carbocycles. The van der Waals surface area contributed by atoms with Crippen LogP contribution in [0.5, 0.6) is 0 Å². The van der Waals surface area contributed by atoms with Gasteiger partial charge in [0.1, 0.15) is 11.5 Å². The van der Waals surface area contributed by atoms with Gasteiger partial charge in [0.15, 0.2) is 0 Å². The van der Waals surface area contributed by atoms with Gasteiger partial charge in [-0.3, -0.25) is 9.36 Å². The van der Waals surface area contributed by atoms with E-state index in [1.165, 1.54) is 0 Å². The summed E-state index contributed by atoms with van der Waals surface area (Å²) in [6.07, 6.45) is 10.3. The molecule has 3 heterocycles. The van der Waals surface area contributed by atoms with Crippen LogP contribution in [0.25, 0.3) is 16.6 Å². The lowest BCUT2D eigenvalue weighted by Gasteiger charge is -2.36. The van der Waals surface area contributed by atoms with E-state index in [-0.39, 0.29) is 23.3 Å². The highest BCUT2D eigenvalue weighted by Crippen LogP contribution is 2.37. The third-order valence-corrected chi connectivity index (χ3v) is 8.34. The summed E-state index contributed by atoms with van der Waals surface area (Å²) >= 11 is 0. The van der Waals surface area contributed by atoms with Crippen molar-refractivity contribution >= 4 is 34.0 Å². The molecule has 2 aromatic rings. The number of aryl methyl sites for hydroxylation is 1. The molecule has 2 aliphatic rings. The fourth-order valence-electron chi connectivity index (χ4n) is 5.91. The van der Waals surface area contributed by atoms with E-state index in [0.29, 0.717) is 47.9 Å². The molecule has 0 saturated carbocycles. The highest BCUT2D eigenvalue weighted by molar-refractivity contribution is 5.97. The van der Waals surface area contributed by atoms with Gasteiger partial charge in [-0.05, 0) is 109 Å². The predicted octanol–water partition coefficient (Wildman–Crippen LogP) is 5.69. The Balaban J connectivity index is 1.52. The van der Waals surface area contributed by atoms with Gasteiger partial charge in [-0.1, -0.05) is 13.0 Å². The van der Waals surface area contributed by atoms with Crippen LogP contribution in [0.1, 0.15) is 71.8 Å². The molecule has 1 fully saturated rings. The molecule has 0 amide bonds. The number of hydrogen-bond donors (Lipinski definition) is 2. The maximum Gasteiger partial charge on any atom is 0.259 e. The third kappa shape index (κ3) is 7.18. The molecular formula is C31H44FN7O. The topological polar surface area (TPSA) is 99.3 Å². The summed E-state index contributed by atoms with van der Waals surface area (Å²) in [5, 5.41) is 11.7. The van der Waals surface area contributed by atoms with Gasteiger partial charge in [0, 0.05) is 47.6 Å². The van der Waals surface area contributed by atoms with Crippen LogP contribution in [-0.4, -0.2) is 63.6 Å². The molecule has 1 saturated heterocycles. The minimum Gasteiger partial charge on any atom is -0.316 e. The van der Waals surface area contributed by atoms with Crippen molar-refractivity contribution in [2.75, 3.05) is 32.7 Å². The van der Waals surface area contributed by atoms with Gasteiger partial charge >= 0.3 is 0 Å². The van der Waals surface area contributed by atoms with Gasteiger partial charge in [-0.15, -0.1) is 0 Å². The molecule has 0 bridgehead atoms. The van der Waals surface area contributed by atoms with Crippen molar-refractivity contribution < 1.29 is 4.39 Å². The first kappa shape index (κ1) is 29.9. The fraction of sp³-hybridized carbons (Fsp3) is 0.581. The van der Waals surface area contributed by atoms with Crippen LogP contribution in [0, 0.1) is 17.2 Å². The van der Waals surface area contributed by atoms with Crippen LogP contribution in [-0.2, 0) is 6.54 Å². The molecule has 0 spiro atoms. The van der Waals surface area contributed by atoms with Crippen LogP contribution in [0.15, 0.2) is 40.0 Å². The van der Waals surface area contributed by atoms with E-state index in [0.717, 1.165) is 69.4 Å². The van der Waals surface area contributed by atoms with Crippen LogP contribution < -0.4 is 10.9 Å². The van der Waals surface area contributed by atoms with Crippen molar-refractivity contribution in [3.63, 3.8) is 0 Å². The van der Waals surface area contributed by atoms with Crippen LogP contribution >= 0.6 is 0 Å². The number of nitrogens with one attached hydrogen (secondary N) is 2. The zero-order chi connectivity index (χ0) is 28.6. The third-order valence-electron chi connectivity index (χ3n) is 8.34. The largest absolute Gasteiger partial charge is 0.316 e. The lowest BCUT2D eigenvalue weighted by molar-refractivity contribution is 0.151. The molecule has 1 aliphatic heterocycles. The molecule has 216 valence electrons. The Labute approximate surface area is 237 Å². The van der Waals surface area contributed by atoms with E-state index < -0.39 is 0 Å². The Morgan fingerprint density at radius 3 is 2.60 bits per heavy atom. The molecule has 8 nitrogen and oxygen atoms in total. The summed E-state index contributed by atoms with van der Waals surface area (Å²) in [6.45, 7) is 13.0. The minimum atomic E-state index is -0.0868. The van der Waals surface area contributed by atoms with E-state index in [1.807, 2.05) is 26.0 Å². The normalized spacial score (nSPS) is 20.3. The number of fused-ring (bicyclic) bond motifs is 1. The summed E-state index contributed by atoms with van der Waals surface area (Å²) in [5.74, 6) is 0.564. The molecule has 1 atom stereocenters. The number of pyridine rings is 1. The van der Waals surface area contributed by atoms with Crippen molar-refractivity contribution in [2.45, 2.75) is 72.8 Å². The standard InChI is InChI=1S/C31H44FN7O/c1-5-22(11-15-34-14-10-21(4)33)27-18-24-20-35-31(37-29(24)39(7-3)30(27)40)36-25-8-9-26(28(32)19-25)23-12-16-38(6-2)17-13-23/h5,18-20,23,26,33-34H,6-17H2,1-4H3. The van der Waals surface area contributed by atoms with E-state index in [1.54, 1.807) is 23.8 Å². The zero-order valence-electron chi connectivity index (χ0n) is 24.5. The van der Waals surface area contributed by atoms with Gasteiger partial charge < -0.3 is 15.6 Å². The Bertz CT molecular complexity index is 1350. The first-order valence-electron chi connectivity index (χ1n) is 14.8. The number of piperidine rings is 1. The van der Waals surface area contributed by atoms with Crippen molar-refractivity contribution in [2.24, 2.45) is 16.8 Å². The van der Waals surface area contributed by atoms with Crippen LogP contribution in [0.3, 0.4) is 0 Å². The highest BCUT2D eigenvalue weighted by Gasteiger charge is 2.31. The number of aromatic nitrogens is 3. The summed E-state index contributed by atoms with van der Waals surface area (Å²) in [4.78, 5) is 29.6. The summed E-state index contributed by atoms with van der Waals surface area (Å²) in [7, 11) is 0. The second-order valence-corrected chi connectivity index (χ2v) is 10.9.